The predicted molar refractivity (Wildman–Crippen MR) is 64.4 cm³/mol. The number of nitrogens with one attached hydrogen (secondary N) is 1. The maximum absolute atomic E-state index is 12.2. The molecule has 0 saturated carbocycles. The zero-order valence-corrected chi connectivity index (χ0v) is 10.6. The first-order valence-electron chi connectivity index (χ1n) is 6.49. The molecule has 0 aliphatic carbocycles. The van der Waals surface area contributed by atoms with Crippen LogP contribution in [0.25, 0.3) is 0 Å². The van der Waals surface area contributed by atoms with Crippen LogP contribution in [0.15, 0.2) is 0 Å². The second kappa shape index (κ2) is 4.62. The second-order valence-corrected chi connectivity index (χ2v) is 4.85. The Bertz CT molecular complexity index is 269. The van der Waals surface area contributed by atoms with Crippen molar-refractivity contribution in [2.45, 2.75) is 51.7 Å². The highest BCUT2D eigenvalue weighted by atomic mass is 16.2. The molecule has 0 unspecified atom stereocenters. The summed E-state index contributed by atoms with van der Waals surface area (Å²) in [4.78, 5) is 16.3. The van der Waals surface area contributed by atoms with E-state index >= 15 is 0 Å². The normalized spacial score (nSPS) is 34.4. The van der Waals surface area contributed by atoms with Crippen molar-refractivity contribution in [3.05, 3.63) is 0 Å². The van der Waals surface area contributed by atoms with Gasteiger partial charge in [0.25, 0.3) is 0 Å². The number of rotatable bonds is 3. The Morgan fingerprint density at radius 2 is 2.19 bits per heavy atom. The first kappa shape index (κ1) is 11.7. The first-order valence-corrected chi connectivity index (χ1v) is 6.49. The van der Waals surface area contributed by atoms with Crippen molar-refractivity contribution in [1.82, 2.24) is 15.1 Å². The van der Waals surface area contributed by atoms with E-state index in [-0.39, 0.29) is 6.03 Å². The van der Waals surface area contributed by atoms with Crippen LogP contribution >= 0.6 is 0 Å². The smallest absolute Gasteiger partial charge is 0.320 e. The van der Waals surface area contributed by atoms with Gasteiger partial charge in [0.1, 0.15) is 0 Å². The summed E-state index contributed by atoms with van der Waals surface area (Å²) in [5, 5.41) is 3.49. The number of likely N-dealkylation sites (N-methyl/N-ethyl adjacent to an activating group) is 1. The maximum atomic E-state index is 12.2. The summed E-state index contributed by atoms with van der Waals surface area (Å²) in [7, 11) is 0. The Morgan fingerprint density at radius 3 is 2.81 bits per heavy atom. The molecule has 4 nitrogen and oxygen atoms in total. The lowest BCUT2D eigenvalue weighted by atomic mass is 10.1. The van der Waals surface area contributed by atoms with Crippen molar-refractivity contribution >= 4 is 6.03 Å². The SMILES string of the molecule is CCN[C@H]1C[C@H]2CCN(CC)C(=O)N2[C@@H]1C. The highest BCUT2D eigenvalue weighted by Gasteiger charge is 2.44. The quantitative estimate of drug-likeness (QED) is 0.785. The summed E-state index contributed by atoms with van der Waals surface area (Å²) < 4.78 is 0. The van der Waals surface area contributed by atoms with E-state index in [4.69, 9.17) is 0 Å². The van der Waals surface area contributed by atoms with E-state index in [0.29, 0.717) is 18.1 Å². The number of hydrogen-bond acceptors (Lipinski definition) is 2. The Hall–Kier alpha value is -0.770. The lowest BCUT2D eigenvalue weighted by molar-refractivity contribution is 0.104. The third kappa shape index (κ3) is 1.79. The lowest BCUT2D eigenvalue weighted by Crippen LogP contribution is -2.54. The largest absolute Gasteiger partial charge is 0.325 e. The van der Waals surface area contributed by atoms with Gasteiger partial charge < -0.3 is 15.1 Å². The number of carbonyl (C=O) groups is 1. The highest BCUT2D eigenvalue weighted by Crippen LogP contribution is 2.31. The highest BCUT2D eigenvalue weighted by molar-refractivity contribution is 5.76. The minimum Gasteiger partial charge on any atom is -0.325 e. The Balaban J connectivity index is 2.09. The first-order chi connectivity index (χ1) is 7.69. The molecule has 1 N–H and O–H groups in total. The molecule has 0 radical (unpaired) electrons. The van der Waals surface area contributed by atoms with Gasteiger partial charge >= 0.3 is 6.03 Å². The van der Waals surface area contributed by atoms with Crippen LogP contribution in [0.5, 0.6) is 0 Å². The summed E-state index contributed by atoms with van der Waals surface area (Å²) in [6.07, 6.45) is 2.25. The molecular formula is C12H23N3O. The molecule has 0 aromatic heterocycles. The van der Waals surface area contributed by atoms with Crippen LogP contribution in [0.4, 0.5) is 4.79 Å². The molecule has 2 heterocycles. The average Bonchev–Trinajstić information content (AvgIpc) is 2.58. The van der Waals surface area contributed by atoms with Crippen molar-refractivity contribution in [1.29, 1.82) is 0 Å². The zero-order chi connectivity index (χ0) is 11.7. The Labute approximate surface area is 98.0 Å². The fourth-order valence-corrected chi connectivity index (χ4v) is 3.09. The van der Waals surface area contributed by atoms with Gasteiger partial charge in [0.15, 0.2) is 0 Å². The Morgan fingerprint density at radius 1 is 1.44 bits per heavy atom. The molecular weight excluding hydrogens is 202 g/mol. The molecule has 0 aromatic carbocycles. The number of urea groups is 1. The van der Waals surface area contributed by atoms with Crippen LogP contribution in [0.3, 0.4) is 0 Å². The fraction of sp³-hybridized carbons (Fsp3) is 0.917. The van der Waals surface area contributed by atoms with Gasteiger partial charge in [-0.2, -0.15) is 0 Å². The van der Waals surface area contributed by atoms with Gasteiger partial charge in [0.2, 0.25) is 0 Å². The summed E-state index contributed by atoms with van der Waals surface area (Å²) in [5.74, 6) is 0. The van der Waals surface area contributed by atoms with Gasteiger partial charge in [-0.05, 0) is 33.2 Å². The van der Waals surface area contributed by atoms with E-state index in [9.17, 15) is 4.79 Å². The zero-order valence-electron chi connectivity index (χ0n) is 10.6. The molecule has 3 atom stereocenters. The number of carbonyl (C=O) groups excluding carboxylic acids is 1. The van der Waals surface area contributed by atoms with Crippen molar-refractivity contribution in [3.63, 3.8) is 0 Å². The van der Waals surface area contributed by atoms with Crippen LogP contribution in [0, 0.1) is 0 Å². The number of nitrogens with zero attached hydrogens (tertiary/aromatic N) is 2. The van der Waals surface area contributed by atoms with Gasteiger partial charge in [-0.3, -0.25) is 0 Å². The molecule has 92 valence electrons. The molecule has 2 fully saturated rings. The van der Waals surface area contributed by atoms with Gasteiger partial charge in [-0.25, -0.2) is 4.79 Å². The lowest BCUT2D eigenvalue weighted by Gasteiger charge is -2.39. The molecule has 2 amide bonds. The molecule has 0 bridgehead atoms. The minimum atomic E-state index is 0.242. The molecule has 16 heavy (non-hydrogen) atoms. The van der Waals surface area contributed by atoms with Gasteiger partial charge in [-0.15, -0.1) is 0 Å². The standard InChI is InChI=1S/C12H23N3O/c1-4-13-11-8-10-6-7-14(5-2)12(16)15(10)9(11)3/h9-11,13H,4-8H2,1-3H3/t9-,10-,11+/m1/s1. The van der Waals surface area contributed by atoms with Crippen LogP contribution in [0.1, 0.15) is 33.6 Å². The van der Waals surface area contributed by atoms with Crippen molar-refractivity contribution in [3.8, 4) is 0 Å². The van der Waals surface area contributed by atoms with E-state index < -0.39 is 0 Å². The summed E-state index contributed by atoms with van der Waals surface area (Å²) in [6.45, 7) is 9.11. The maximum Gasteiger partial charge on any atom is 0.320 e. The Kier molecular flexibility index (Phi) is 3.38. The van der Waals surface area contributed by atoms with Gasteiger partial charge in [-0.1, -0.05) is 6.92 Å². The van der Waals surface area contributed by atoms with Gasteiger partial charge in [0.05, 0.1) is 0 Å². The topological polar surface area (TPSA) is 35.6 Å². The van der Waals surface area contributed by atoms with E-state index in [2.05, 4.69) is 31.0 Å². The summed E-state index contributed by atoms with van der Waals surface area (Å²) in [5.41, 5.74) is 0. The fourth-order valence-electron chi connectivity index (χ4n) is 3.09. The van der Waals surface area contributed by atoms with Crippen molar-refractivity contribution < 1.29 is 4.79 Å². The summed E-state index contributed by atoms with van der Waals surface area (Å²) in [6, 6.07) is 1.53. The second-order valence-electron chi connectivity index (χ2n) is 4.85. The van der Waals surface area contributed by atoms with E-state index in [1.165, 1.54) is 0 Å². The molecule has 0 spiro atoms. The van der Waals surface area contributed by atoms with E-state index in [1.807, 2.05) is 4.90 Å². The number of amides is 2. The number of fused-ring (bicyclic) bond motifs is 1. The average molecular weight is 225 g/mol. The van der Waals surface area contributed by atoms with Crippen LogP contribution in [-0.2, 0) is 0 Å². The van der Waals surface area contributed by atoms with Crippen LogP contribution < -0.4 is 5.32 Å². The molecule has 4 heteroatoms. The molecule has 2 rings (SSSR count). The number of hydrogen-bond donors (Lipinski definition) is 1. The van der Waals surface area contributed by atoms with Crippen molar-refractivity contribution in [2.24, 2.45) is 0 Å². The molecule has 2 aliphatic rings. The third-order valence-electron chi connectivity index (χ3n) is 4.01. The molecule has 2 saturated heterocycles. The summed E-state index contributed by atoms with van der Waals surface area (Å²) >= 11 is 0. The minimum absolute atomic E-state index is 0.242. The van der Waals surface area contributed by atoms with Crippen LogP contribution in [0.2, 0.25) is 0 Å². The van der Waals surface area contributed by atoms with Gasteiger partial charge in [0, 0.05) is 31.2 Å². The molecule has 2 aliphatic heterocycles. The van der Waals surface area contributed by atoms with Crippen LogP contribution in [-0.4, -0.2) is 53.6 Å². The molecule has 0 aromatic rings. The van der Waals surface area contributed by atoms with E-state index in [1.54, 1.807) is 0 Å². The monoisotopic (exact) mass is 225 g/mol. The van der Waals surface area contributed by atoms with Crippen molar-refractivity contribution in [2.75, 3.05) is 19.6 Å². The third-order valence-corrected chi connectivity index (χ3v) is 4.01. The predicted octanol–water partition coefficient (Wildman–Crippen LogP) is 1.27. The van der Waals surface area contributed by atoms with E-state index in [0.717, 1.165) is 32.5 Å².